The van der Waals surface area contributed by atoms with Crippen molar-refractivity contribution in [2.24, 2.45) is 0 Å². The van der Waals surface area contributed by atoms with E-state index in [2.05, 4.69) is 0 Å². The fourth-order valence-electron chi connectivity index (χ4n) is 2.00. The molecule has 1 unspecified atom stereocenters. The molecule has 0 aliphatic carbocycles. The van der Waals surface area contributed by atoms with Crippen molar-refractivity contribution in [2.45, 2.75) is 12.5 Å². The van der Waals surface area contributed by atoms with Crippen molar-refractivity contribution in [3.8, 4) is 0 Å². The third kappa shape index (κ3) is 2.23. The second kappa shape index (κ2) is 4.57. The normalized spacial score (nSPS) is 18.9. The number of rotatable bonds is 3. The summed E-state index contributed by atoms with van der Waals surface area (Å²) in [7, 11) is 0. The summed E-state index contributed by atoms with van der Waals surface area (Å²) in [5, 5.41) is 30.9. The Hall–Kier alpha value is -2.22. The van der Waals surface area contributed by atoms with Crippen LogP contribution in [0.5, 0.6) is 0 Å². The van der Waals surface area contributed by atoms with Gasteiger partial charge in [-0.15, -0.1) is 0 Å². The van der Waals surface area contributed by atoms with Gasteiger partial charge < -0.3 is 10.0 Å². The van der Waals surface area contributed by atoms with Gasteiger partial charge in [-0.25, -0.2) is 0 Å². The lowest BCUT2D eigenvalue weighted by Gasteiger charge is -2.17. The number of nitrogens with zero attached hydrogens (tertiary/aromatic N) is 3. The van der Waals surface area contributed by atoms with E-state index in [1.165, 1.54) is 12.1 Å². The van der Waals surface area contributed by atoms with Gasteiger partial charge in [-0.3, -0.25) is 20.2 Å². The number of anilines is 1. The number of β-amino-alcohol motifs (C(OH)–C–C–N with tert-alkyl or cyclic N) is 1. The molecule has 0 saturated carbocycles. The predicted molar refractivity (Wildman–Crippen MR) is 62.6 cm³/mol. The number of nitro groups is 2. The van der Waals surface area contributed by atoms with Crippen LogP contribution < -0.4 is 4.90 Å². The molecule has 0 spiro atoms. The van der Waals surface area contributed by atoms with Gasteiger partial charge in [0.05, 0.1) is 22.0 Å². The van der Waals surface area contributed by atoms with Crippen LogP contribution in [-0.2, 0) is 0 Å². The van der Waals surface area contributed by atoms with Gasteiger partial charge >= 0.3 is 0 Å². The maximum atomic E-state index is 10.9. The summed E-state index contributed by atoms with van der Waals surface area (Å²) in [5.74, 6) is 0. The molecule has 0 bridgehead atoms. The molecule has 8 nitrogen and oxygen atoms in total. The monoisotopic (exact) mass is 253 g/mol. The Morgan fingerprint density at radius 1 is 1.28 bits per heavy atom. The molecule has 1 aromatic rings. The SMILES string of the molecule is O=[N+]([O-])c1ccc(N2CCC(O)C2)c([N+](=O)[O-])c1. The van der Waals surface area contributed by atoms with Crippen molar-refractivity contribution in [1.29, 1.82) is 0 Å². The van der Waals surface area contributed by atoms with Gasteiger partial charge in [-0.1, -0.05) is 0 Å². The summed E-state index contributed by atoms with van der Waals surface area (Å²) in [4.78, 5) is 21.9. The molecule has 1 aliphatic rings. The van der Waals surface area contributed by atoms with Gasteiger partial charge in [0.15, 0.2) is 0 Å². The highest BCUT2D eigenvalue weighted by atomic mass is 16.6. The van der Waals surface area contributed by atoms with Crippen LogP contribution >= 0.6 is 0 Å². The van der Waals surface area contributed by atoms with Crippen molar-refractivity contribution < 1.29 is 15.0 Å². The number of nitro benzene ring substituents is 2. The smallest absolute Gasteiger partial charge is 0.299 e. The average molecular weight is 253 g/mol. The summed E-state index contributed by atoms with van der Waals surface area (Å²) < 4.78 is 0. The molecule has 8 heteroatoms. The zero-order valence-corrected chi connectivity index (χ0v) is 9.35. The zero-order valence-electron chi connectivity index (χ0n) is 9.35. The lowest BCUT2D eigenvalue weighted by Crippen LogP contribution is -2.22. The lowest BCUT2D eigenvalue weighted by atomic mass is 10.2. The standard InChI is InChI=1S/C10H11N3O5/c14-8-3-4-11(6-8)9-2-1-7(12(15)16)5-10(9)13(17)18/h1-2,5,8,14H,3-4,6H2. The van der Waals surface area contributed by atoms with Gasteiger partial charge in [-0.05, 0) is 12.5 Å². The van der Waals surface area contributed by atoms with E-state index in [0.717, 1.165) is 6.07 Å². The topological polar surface area (TPSA) is 110 Å². The third-order valence-electron chi connectivity index (χ3n) is 2.87. The Labute approximate surface area is 102 Å². The van der Waals surface area contributed by atoms with Gasteiger partial charge in [0, 0.05) is 19.2 Å². The number of non-ortho nitro benzene ring substituents is 1. The van der Waals surface area contributed by atoms with E-state index >= 15 is 0 Å². The highest BCUT2D eigenvalue weighted by Crippen LogP contribution is 2.33. The summed E-state index contributed by atoms with van der Waals surface area (Å²) >= 11 is 0. The highest BCUT2D eigenvalue weighted by Gasteiger charge is 2.28. The summed E-state index contributed by atoms with van der Waals surface area (Å²) in [6.07, 6.45) is 0.0218. The Morgan fingerprint density at radius 3 is 2.50 bits per heavy atom. The summed E-state index contributed by atoms with van der Waals surface area (Å²) in [6.45, 7) is 0.804. The lowest BCUT2D eigenvalue weighted by molar-refractivity contribution is -0.393. The molecule has 0 aromatic heterocycles. The number of aliphatic hydroxyl groups is 1. The van der Waals surface area contributed by atoms with Gasteiger partial charge in [-0.2, -0.15) is 0 Å². The van der Waals surface area contributed by atoms with Crippen LogP contribution in [0, 0.1) is 20.2 Å². The van der Waals surface area contributed by atoms with E-state index in [-0.39, 0.29) is 11.4 Å². The minimum atomic E-state index is -0.671. The molecule has 1 heterocycles. The van der Waals surface area contributed by atoms with Gasteiger partial charge in [0.25, 0.3) is 11.4 Å². The van der Waals surface area contributed by atoms with Crippen molar-refractivity contribution in [2.75, 3.05) is 18.0 Å². The molecular formula is C10H11N3O5. The Balaban J connectivity index is 2.41. The maximum absolute atomic E-state index is 10.9. The maximum Gasteiger partial charge on any atom is 0.299 e. The van der Waals surface area contributed by atoms with Crippen LogP contribution in [0.15, 0.2) is 18.2 Å². The van der Waals surface area contributed by atoms with Crippen LogP contribution in [0.1, 0.15) is 6.42 Å². The van der Waals surface area contributed by atoms with E-state index in [1.54, 1.807) is 4.90 Å². The second-order valence-electron chi connectivity index (χ2n) is 4.08. The number of hydrogen-bond donors (Lipinski definition) is 1. The van der Waals surface area contributed by atoms with E-state index in [9.17, 15) is 25.3 Å². The van der Waals surface area contributed by atoms with E-state index < -0.39 is 16.0 Å². The van der Waals surface area contributed by atoms with Crippen molar-refractivity contribution >= 4 is 17.1 Å². The molecular weight excluding hydrogens is 242 g/mol. The predicted octanol–water partition coefficient (Wildman–Crippen LogP) is 1.07. The number of hydrogen-bond acceptors (Lipinski definition) is 6. The molecule has 1 N–H and O–H groups in total. The van der Waals surface area contributed by atoms with E-state index in [0.29, 0.717) is 25.2 Å². The minimum Gasteiger partial charge on any atom is -0.391 e. The van der Waals surface area contributed by atoms with E-state index in [1.807, 2.05) is 0 Å². The first kappa shape index (κ1) is 12.2. The average Bonchev–Trinajstić information content (AvgIpc) is 2.74. The first-order valence-electron chi connectivity index (χ1n) is 5.35. The van der Waals surface area contributed by atoms with Crippen LogP contribution in [0.2, 0.25) is 0 Å². The fourth-order valence-corrected chi connectivity index (χ4v) is 2.00. The zero-order chi connectivity index (χ0) is 13.3. The second-order valence-corrected chi connectivity index (χ2v) is 4.08. The van der Waals surface area contributed by atoms with Crippen molar-refractivity contribution in [3.05, 3.63) is 38.4 Å². The van der Waals surface area contributed by atoms with Crippen molar-refractivity contribution in [1.82, 2.24) is 0 Å². The Morgan fingerprint density at radius 2 is 2.00 bits per heavy atom. The Kier molecular flexibility index (Phi) is 3.11. The largest absolute Gasteiger partial charge is 0.391 e. The van der Waals surface area contributed by atoms with E-state index in [4.69, 9.17) is 0 Å². The molecule has 1 atom stereocenters. The quantitative estimate of drug-likeness (QED) is 0.637. The minimum absolute atomic E-state index is 0.304. The first-order valence-corrected chi connectivity index (χ1v) is 5.35. The highest BCUT2D eigenvalue weighted by molar-refractivity contribution is 5.67. The van der Waals surface area contributed by atoms with Crippen LogP contribution in [0.3, 0.4) is 0 Å². The van der Waals surface area contributed by atoms with Gasteiger partial charge in [0.1, 0.15) is 5.69 Å². The molecule has 0 radical (unpaired) electrons. The number of benzene rings is 1. The summed E-state index contributed by atoms with van der Waals surface area (Å²) in [5.41, 5.74) is -0.314. The molecule has 1 saturated heterocycles. The Bertz CT molecular complexity index is 504. The van der Waals surface area contributed by atoms with Crippen molar-refractivity contribution in [3.63, 3.8) is 0 Å². The van der Waals surface area contributed by atoms with Gasteiger partial charge in [0.2, 0.25) is 0 Å². The van der Waals surface area contributed by atoms with Crippen LogP contribution in [-0.4, -0.2) is 34.1 Å². The molecule has 1 aliphatic heterocycles. The molecule has 1 fully saturated rings. The number of aliphatic hydroxyl groups excluding tert-OH is 1. The third-order valence-corrected chi connectivity index (χ3v) is 2.87. The fraction of sp³-hybridized carbons (Fsp3) is 0.400. The molecule has 1 aromatic carbocycles. The molecule has 0 amide bonds. The molecule has 96 valence electrons. The first-order chi connectivity index (χ1) is 8.49. The molecule has 2 rings (SSSR count). The molecule has 18 heavy (non-hydrogen) atoms. The van der Waals surface area contributed by atoms with Crippen LogP contribution in [0.25, 0.3) is 0 Å². The van der Waals surface area contributed by atoms with Crippen LogP contribution in [0.4, 0.5) is 17.1 Å². The summed E-state index contributed by atoms with van der Waals surface area (Å²) in [6, 6.07) is 3.53.